The number of hydrogen-bond acceptors (Lipinski definition) is 7. The maximum absolute atomic E-state index is 13.2. The number of hydrazine groups is 1. The normalized spacial score (nSPS) is 20.3. The number of para-hydroxylation sites is 2. The first-order valence-electron chi connectivity index (χ1n) is 9.29. The van der Waals surface area contributed by atoms with E-state index in [0.29, 0.717) is 23.0 Å². The van der Waals surface area contributed by atoms with Crippen LogP contribution in [0.15, 0.2) is 53.6 Å². The number of nitrogens with zero attached hydrogens (tertiary/aromatic N) is 2. The molecule has 30 heavy (non-hydrogen) atoms. The van der Waals surface area contributed by atoms with Gasteiger partial charge in [-0.2, -0.15) is 0 Å². The summed E-state index contributed by atoms with van der Waals surface area (Å²) in [6, 6.07) is 12.7. The van der Waals surface area contributed by atoms with E-state index in [1.165, 1.54) is 31.0 Å². The van der Waals surface area contributed by atoms with E-state index in [1.54, 1.807) is 35.3 Å². The van der Waals surface area contributed by atoms with Gasteiger partial charge >= 0.3 is 0 Å². The van der Waals surface area contributed by atoms with E-state index in [9.17, 15) is 14.0 Å². The zero-order chi connectivity index (χ0) is 21.1. The second kappa shape index (κ2) is 8.72. The number of hydrazone groups is 1. The van der Waals surface area contributed by atoms with Crippen LogP contribution in [0, 0.1) is 5.82 Å². The summed E-state index contributed by atoms with van der Waals surface area (Å²) in [6.45, 7) is 0. The number of halogens is 1. The Morgan fingerprint density at radius 1 is 1.30 bits per heavy atom. The molecule has 156 valence electrons. The Morgan fingerprint density at radius 2 is 2.07 bits per heavy atom. The van der Waals surface area contributed by atoms with Crippen LogP contribution >= 0.6 is 11.8 Å². The number of amides is 2. The van der Waals surface area contributed by atoms with Crippen molar-refractivity contribution in [2.45, 2.75) is 18.5 Å². The molecule has 2 aliphatic rings. The zero-order valence-corrected chi connectivity index (χ0v) is 16.9. The number of thioether (sulfide) groups is 1. The molecule has 2 aliphatic heterocycles. The summed E-state index contributed by atoms with van der Waals surface area (Å²) in [7, 11) is 1.54. The third-order valence-corrected chi connectivity index (χ3v) is 5.77. The topological polar surface area (TPSA) is 95.1 Å². The van der Waals surface area contributed by atoms with E-state index >= 15 is 0 Å². The van der Waals surface area contributed by atoms with Crippen molar-refractivity contribution in [1.82, 2.24) is 15.9 Å². The van der Waals surface area contributed by atoms with Crippen molar-refractivity contribution in [2.24, 2.45) is 5.10 Å². The van der Waals surface area contributed by atoms with Crippen molar-refractivity contribution in [3.05, 3.63) is 59.9 Å². The minimum absolute atomic E-state index is 0.0961. The van der Waals surface area contributed by atoms with Gasteiger partial charge in [0.2, 0.25) is 5.91 Å². The first-order chi connectivity index (χ1) is 14.5. The molecule has 0 aromatic heterocycles. The highest BCUT2D eigenvalue weighted by atomic mass is 32.2. The van der Waals surface area contributed by atoms with Gasteiger partial charge in [0.1, 0.15) is 17.6 Å². The van der Waals surface area contributed by atoms with Gasteiger partial charge in [0.15, 0.2) is 5.17 Å². The number of ether oxygens (including phenoxy) is 1. The van der Waals surface area contributed by atoms with Gasteiger partial charge in [0.25, 0.3) is 5.91 Å². The highest BCUT2D eigenvalue weighted by molar-refractivity contribution is 8.14. The van der Waals surface area contributed by atoms with Crippen LogP contribution in [0.4, 0.5) is 10.1 Å². The second-order valence-corrected chi connectivity index (χ2v) is 7.70. The van der Waals surface area contributed by atoms with Crippen molar-refractivity contribution in [3.8, 4) is 5.75 Å². The molecule has 2 aromatic carbocycles. The van der Waals surface area contributed by atoms with Crippen molar-refractivity contribution in [2.75, 3.05) is 18.2 Å². The van der Waals surface area contributed by atoms with Gasteiger partial charge in [-0.3, -0.25) is 14.6 Å². The predicted molar refractivity (Wildman–Crippen MR) is 112 cm³/mol. The number of benzene rings is 2. The summed E-state index contributed by atoms with van der Waals surface area (Å²) >= 11 is 1.20. The van der Waals surface area contributed by atoms with Gasteiger partial charge in [-0.25, -0.2) is 15.2 Å². The van der Waals surface area contributed by atoms with E-state index < -0.39 is 6.04 Å². The molecule has 1 fully saturated rings. The molecular weight excluding hydrogens is 409 g/mol. The number of nitrogens with one attached hydrogen (secondary N) is 3. The highest BCUT2D eigenvalue weighted by Crippen LogP contribution is 2.31. The van der Waals surface area contributed by atoms with Crippen LogP contribution in [0.1, 0.15) is 18.0 Å². The number of hydrogen-bond donors (Lipinski definition) is 3. The first kappa shape index (κ1) is 20.2. The Kier molecular flexibility index (Phi) is 5.86. The molecule has 8 nitrogen and oxygen atoms in total. The zero-order valence-electron chi connectivity index (χ0n) is 16.1. The number of fused-ring (bicyclic) bond motifs is 1. The standard InChI is InChI=1S/C20H20FN5O3S/c1-29-17-5-3-2-4-14(17)22-18(27)11-30-20-24-23-19(28)16-10-15(25-26(16)20)12-6-8-13(21)9-7-12/h2-9,15-16,25H,10-11H2,1H3,(H,22,27)(H,23,28). The number of anilines is 1. The predicted octanol–water partition coefficient (Wildman–Crippen LogP) is 2.23. The van der Waals surface area contributed by atoms with Crippen molar-refractivity contribution < 1.29 is 18.7 Å². The Hall–Kier alpha value is -3.11. The van der Waals surface area contributed by atoms with Crippen molar-refractivity contribution in [1.29, 1.82) is 0 Å². The first-order valence-corrected chi connectivity index (χ1v) is 10.3. The SMILES string of the molecule is COc1ccccc1NC(=O)CSC1=NNC(=O)C2CC(c3ccc(F)cc3)NN12. The van der Waals surface area contributed by atoms with Gasteiger partial charge in [-0.05, 0) is 36.2 Å². The fourth-order valence-corrected chi connectivity index (χ4v) is 4.12. The summed E-state index contributed by atoms with van der Waals surface area (Å²) in [5, 5.41) is 9.05. The Labute approximate surface area is 176 Å². The van der Waals surface area contributed by atoms with Crippen LogP contribution in [0.3, 0.4) is 0 Å². The Morgan fingerprint density at radius 3 is 2.83 bits per heavy atom. The number of rotatable bonds is 5. The minimum Gasteiger partial charge on any atom is -0.495 e. The number of methoxy groups -OCH3 is 1. The van der Waals surface area contributed by atoms with E-state index in [1.807, 2.05) is 6.07 Å². The molecule has 4 rings (SSSR count). The molecule has 0 bridgehead atoms. The molecule has 2 aromatic rings. The lowest BCUT2D eigenvalue weighted by atomic mass is 10.0. The van der Waals surface area contributed by atoms with Gasteiger partial charge in [-0.15, -0.1) is 5.10 Å². The molecule has 1 saturated heterocycles. The molecule has 0 spiro atoms. The number of amidine groups is 1. The van der Waals surface area contributed by atoms with Crippen LogP contribution < -0.4 is 20.9 Å². The van der Waals surface area contributed by atoms with Gasteiger partial charge in [0.05, 0.1) is 24.6 Å². The lowest BCUT2D eigenvalue weighted by molar-refractivity contribution is -0.125. The Balaban J connectivity index is 1.40. The molecule has 0 radical (unpaired) electrons. The van der Waals surface area contributed by atoms with Gasteiger partial charge in [-0.1, -0.05) is 36.0 Å². The van der Waals surface area contributed by atoms with E-state index in [-0.39, 0.29) is 29.4 Å². The molecule has 0 saturated carbocycles. The van der Waals surface area contributed by atoms with Crippen molar-refractivity contribution >= 4 is 34.4 Å². The van der Waals surface area contributed by atoms with Gasteiger partial charge in [0, 0.05) is 0 Å². The summed E-state index contributed by atoms with van der Waals surface area (Å²) in [5.74, 6) is -0.101. The number of carbonyl (C=O) groups excluding carboxylic acids is 2. The monoisotopic (exact) mass is 429 g/mol. The van der Waals surface area contributed by atoms with E-state index in [4.69, 9.17) is 4.74 Å². The average Bonchev–Trinajstić information content (AvgIpc) is 3.21. The van der Waals surface area contributed by atoms with E-state index in [0.717, 1.165) is 5.56 Å². The van der Waals surface area contributed by atoms with Crippen LogP contribution in [0.25, 0.3) is 0 Å². The van der Waals surface area contributed by atoms with Crippen LogP contribution in [-0.2, 0) is 9.59 Å². The summed E-state index contributed by atoms with van der Waals surface area (Å²) in [5.41, 5.74) is 7.21. The molecular formula is C20H20FN5O3S. The molecule has 2 atom stereocenters. The number of carbonyl (C=O) groups is 2. The Bertz CT molecular complexity index is 985. The van der Waals surface area contributed by atoms with E-state index in [2.05, 4.69) is 21.3 Å². The molecule has 2 heterocycles. The lowest BCUT2D eigenvalue weighted by Gasteiger charge is -2.29. The highest BCUT2D eigenvalue weighted by Gasteiger charge is 2.41. The molecule has 3 N–H and O–H groups in total. The van der Waals surface area contributed by atoms with Gasteiger partial charge < -0.3 is 10.1 Å². The average molecular weight is 429 g/mol. The maximum atomic E-state index is 13.2. The fraction of sp³-hybridized carbons (Fsp3) is 0.250. The van der Waals surface area contributed by atoms with Crippen LogP contribution in [0.5, 0.6) is 5.75 Å². The largest absolute Gasteiger partial charge is 0.495 e. The summed E-state index contributed by atoms with van der Waals surface area (Å²) < 4.78 is 18.4. The second-order valence-electron chi connectivity index (χ2n) is 6.76. The van der Waals surface area contributed by atoms with Crippen LogP contribution in [0.2, 0.25) is 0 Å². The molecule has 10 heteroatoms. The quantitative estimate of drug-likeness (QED) is 0.675. The summed E-state index contributed by atoms with van der Waals surface area (Å²) in [6.07, 6.45) is 0.504. The molecule has 2 amide bonds. The lowest BCUT2D eigenvalue weighted by Crippen LogP contribution is -2.52. The maximum Gasteiger partial charge on any atom is 0.264 e. The molecule has 2 unspecified atom stereocenters. The van der Waals surface area contributed by atoms with Crippen LogP contribution in [-0.4, -0.2) is 40.9 Å². The van der Waals surface area contributed by atoms with Crippen molar-refractivity contribution in [3.63, 3.8) is 0 Å². The minimum atomic E-state index is -0.461. The third kappa shape index (κ3) is 4.24. The summed E-state index contributed by atoms with van der Waals surface area (Å²) in [4.78, 5) is 24.6. The molecule has 0 aliphatic carbocycles. The fourth-order valence-electron chi connectivity index (χ4n) is 3.36. The third-order valence-electron chi connectivity index (χ3n) is 4.82. The smallest absolute Gasteiger partial charge is 0.264 e.